The standard InChI is InChI=1S/C23H22BrNO2/c1-16-4-8-18(9-5-16)15-27-23-21(24)12-19(13-22(23)26-3)14-25-20-10-6-17(2)7-11-20/h4-14H,15H2,1-3H3. The Kier molecular flexibility index (Phi) is 6.30. The van der Waals surface area contributed by atoms with Gasteiger partial charge in [-0.05, 0) is 65.2 Å². The summed E-state index contributed by atoms with van der Waals surface area (Å²) in [6, 6.07) is 20.3. The van der Waals surface area contributed by atoms with E-state index < -0.39 is 0 Å². The molecule has 0 saturated carbocycles. The van der Waals surface area contributed by atoms with Crippen molar-refractivity contribution >= 4 is 27.8 Å². The van der Waals surface area contributed by atoms with Crippen molar-refractivity contribution in [1.29, 1.82) is 0 Å². The van der Waals surface area contributed by atoms with E-state index >= 15 is 0 Å². The Morgan fingerprint density at radius 3 is 2.19 bits per heavy atom. The average Bonchev–Trinajstić information content (AvgIpc) is 2.67. The second-order valence-electron chi connectivity index (χ2n) is 6.40. The SMILES string of the molecule is COc1cc(C=Nc2ccc(C)cc2)cc(Br)c1OCc1ccc(C)cc1. The maximum absolute atomic E-state index is 6.00. The molecule has 27 heavy (non-hydrogen) atoms. The zero-order valence-electron chi connectivity index (χ0n) is 15.7. The second-order valence-corrected chi connectivity index (χ2v) is 7.26. The molecule has 0 aliphatic rings. The van der Waals surface area contributed by atoms with Gasteiger partial charge in [0.2, 0.25) is 0 Å². The molecule has 0 aliphatic carbocycles. The van der Waals surface area contributed by atoms with E-state index in [2.05, 4.69) is 59.0 Å². The number of aliphatic imine (C=N–C) groups is 1. The van der Waals surface area contributed by atoms with Gasteiger partial charge in [0.1, 0.15) is 6.61 Å². The minimum atomic E-state index is 0.478. The molecule has 138 valence electrons. The van der Waals surface area contributed by atoms with Crippen molar-refractivity contribution in [3.63, 3.8) is 0 Å². The van der Waals surface area contributed by atoms with Crippen molar-refractivity contribution in [3.8, 4) is 11.5 Å². The average molecular weight is 424 g/mol. The van der Waals surface area contributed by atoms with Crippen LogP contribution in [0.4, 0.5) is 5.69 Å². The van der Waals surface area contributed by atoms with E-state index in [9.17, 15) is 0 Å². The van der Waals surface area contributed by atoms with Gasteiger partial charge in [-0.15, -0.1) is 0 Å². The number of benzene rings is 3. The van der Waals surface area contributed by atoms with Crippen LogP contribution < -0.4 is 9.47 Å². The molecule has 0 saturated heterocycles. The summed E-state index contributed by atoms with van der Waals surface area (Å²) in [6.45, 7) is 4.61. The number of methoxy groups -OCH3 is 1. The van der Waals surface area contributed by atoms with Crippen LogP contribution in [0.25, 0.3) is 0 Å². The minimum Gasteiger partial charge on any atom is -0.493 e. The molecule has 3 nitrogen and oxygen atoms in total. The molecular weight excluding hydrogens is 402 g/mol. The highest BCUT2D eigenvalue weighted by molar-refractivity contribution is 9.10. The first-order valence-electron chi connectivity index (χ1n) is 8.72. The van der Waals surface area contributed by atoms with Gasteiger partial charge in [0, 0.05) is 6.21 Å². The highest BCUT2D eigenvalue weighted by Gasteiger charge is 2.11. The van der Waals surface area contributed by atoms with Gasteiger partial charge in [0.15, 0.2) is 11.5 Å². The summed E-state index contributed by atoms with van der Waals surface area (Å²) in [6.07, 6.45) is 1.82. The van der Waals surface area contributed by atoms with Crippen LogP contribution in [-0.2, 0) is 6.61 Å². The van der Waals surface area contributed by atoms with Crippen molar-refractivity contribution in [2.24, 2.45) is 4.99 Å². The Hall–Kier alpha value is -2.59. The van der Waals surface area contributed by atoms with Crippen LogP contribution in [0.1, 0.15) is 22.3 Å². The van der Waals surface area contributed by atoms with Gasteiger partial charge < -0.3 is 9.47 Å². The van der Waals surface area contributed by atoms with Gasteiger partial charge in [-0.3, -0.25) is 4.99 Å². The molecule has 0 radical (unpaired) electrons. The molecule has 0 N–H and O–H groups in total. The van der Waals surface area contributed by atoms with Gasteiger partial charge in [-0.1, -0.05) is 47.5 Å². The highest BCUT2D eigenvalue weighted by Crippen LogP contribution is 2.37. The fourth-order valence-corrected chi connectivity index (χ4v) is 3.15. The summed E-state index contributed by atoms with van der Waals surface area (Å²) in [5.74, 6) is 1.35. The van der Waals surface area contributed by atoms with Gasteiger partial charge in [0.05, 0.1) is 17.3 Å². The van der Waals surface area contributed by atoms with E-state index in [1.54, 1.807) is 7.11 Å². The van der Waals surface area contributed by atoms with Crippen LogP contribution in [0.15, 0.2) is 70.1 Å². The predicted octanol–water partition coefficient (Wildman–Crippen LogP) is 6.40. The molecular formula is C23H22BrNO2. The summed E-state index contributed by atoms with van der Waals surface area (Å²) in [5.41, 5.74) is 5.40. The Balaban J connectivity index is 1.77. The molecule has 0 heterocycles. The number of hydrogen-bond acceptors (Lipinski definition) is 3. The molecule has 0 aromatic heterocycles. The van der Waals surface area contributed by atoms with E-state index in [4.69, 9.17) is 9.47 Å². The quantitative estimate of drug-likeness (QED) is 0.429. The molecule has 0 atom stereocenters. The smallest absolute Gasteiger partial charge is 0.175 e. The third kappa shape index (κ3) is 5.20. The highest BCUT2D eigenvalue weighted by atomic mass is 79.9. The molecule has 0 amide bonds. The van der Waals surface area contributed by atoms with Crippen molar-refractivity contribution in [2.75, 3.05) is 7.11 Å². The fraction of sp³-hybridized carbons (Fsp3) is 0.174. The monoisotopic (exact) mass is 423 g/mol. The van der Waals surface area contributed by atoms with Gasteiger partial charge in [-0.2, -0.15) is 0 Å². The Morgan fingerprint density at radius 1 is 0.926 bits per heavy atom. The lowest BCUT2D eigenvalue weighted by Crippen LogP contribution is -1.99. The number of ether oxygens (including phenoxy) is 2. The molecule has 3 rings (SSSR count). The molecule has 0 fully saturated rings. The van der Waals surface area contributed by atoms with Gasteiger partial charge in [0.25, 0.3) is 0 Å². The van der Waals surface area contributed by atoms with Crippen molar-refractivity contribution in [1.82, 2.24) is 0 Å². The maximum Gasteiger partial charge on any atom is 0.175 e. The molecule has 3 aromatic carbocycles. The molecule has 0 bridgehead atoms. The van der Waals surface area contributed by atoms with Crippen LogP contribution in [0.3, 0.4) is 0 Å². The van der Waals surface area contributed by atoms with E-state index in [1.165, 1.54) is 11.1 Å². The number of nitrogens with zero attached hydrogens (tertiary/aromatic N) is 1. The van der Waals surface area contributed by atoms with E-state index in [1.807, 2.05) is 42.6 Å². The summed E-state index contributed by atoms with van der Waals surface area (Å²) < 4.78 is 12.4. The molecule has 0 unspecified atom stereocenters. The van der Waals surface area contributed by atoms with Gasteiger partial charge >= 0.3 is 0 Å². The third-order valence-corrected chi connectivity index (χ3v) is 4.74. The first kappa shape index (κ1) is 19.2. The largest absolute Gasteiger partial charge is 0.493 e. The molecule has 0 spiro atoms. The summed E-state index contributed by atoms with van der Waals surface area (Å²) >= 11 is 3.59. The maximum atomic E-state index is 6.00. The van der Waals surface area contributed by atoms with Crippen LogP contribution >= 0.6 is 15.9 Å². The van der Waals surface area contributed by atoms with Crippen LogP contribution in [-0.4, -0.2) is 13.3 Å². The Bertz CT molecular complexity index is 932. The number of hydrogen-bond donors (Lipinski definition) is 0. The second kappa shape index (κ2) is 8.87. The van der Waals surface area contributed by atoms with Gasteiger partial charge in [-0.25, -0.2) is 0 Å². The number of aryl methyl sites for hydroxylation is 2. The van der Waals surface area contributed by atoms with Crippen LogP contribution in [0, 0.1) is 13.8 Å². The fourth-order valence-electron chi connectivity index (χ4n) is 2.57. The zero-order chi connectivity index (χ0) is 19.2. The lowest BCUT2D eigenvalue weighted by molar-refractivity contribution is 0.282. The first-order chi connectivity index (χ1) is 13.0. The van der Waals surface area contributed by atoms with Crippen LogP contribution in [0.5, 0.6) is 11.5 Å². The zero-order valence-corrected chi connectivity index (χ0v) is 17.3. The number of rotatable bonds is 6. The molecule has 0 aliphatic heterocycles. The summed E-state index contributed by atoms with van der Waals surface area (Å²) in [4.78, 5) is 4.52. The lowest BCUT2D eigenvalue weighted by atomic mass is 10.1. The van der Waals surface area contributed by atoms with Crippen molar-refractivity contribution in [3.05, 3.63) is 87.4 Å². The molecule has 4 heteroatoms. The summed E-state index contributed by atoms with van der Waals surface area (Å²) in [5, 5.41) is 0. The first-order valence-corrected chi connectivity index (χ1v) is 9.51. The van der Waals surface area contributed by atoms with E-state index in [-0.39, 0.29) is 0 Å². The van der Waals surface area contributed by atoms with E-state index in [0.29, 0.717) is 18.1 Å². The Labute approximate surface area is 168 Å². The molecule has 3 aromatic rings. The van der Waals surface area contributed by atoms with Crippen molar-refractivity contribution in [2.45, 2.75) is 20.5 Å². The van der Waals surface area contributed by atoms with E-state index in [0.717, 1.165) is 21.3 Å². The third-order valence-electron chi connectivity index (χ3n) is 4.15. The van der Waals surface area contributed by atoms with Crippen molar-refractivity contribution < 1.29 is 9.47 Å². The predicted molar refractivity (Wildman–Crippen MR) is 115 cm³/mol. The Morgan fingerprint density at radius 2 is 1.56 bits per heavy atom. The normalized spacial score (nSPS) is 11.0. The summed E-state index contributed by atoms with van der Waals surface area (Å²) in [7, 11) is 1.64. The topological polar surface area (TPSA) is 30.8 Å². The number of halogens is 1. The lowest BCUT2D eigenvalue weighted by Gasteiger charge is -2.13. The van der Waals surface area contributed by atoms with Crippen LogP contribution in [0.2, 0.25) is 0 Å². The minimum absolute atomic E-state index is 0.478.